The van der Waals surface area contributed by atoms with Gasteiger partial charge in [0.1, 0.15) is 10.8 Å². The maximum Gasteiger partial charge on any atom is 0.149 e. The van der Waals surface area contributed by atoms with Crippen molar-refractivity contribution >= 4 is 17.2 Å². The lowest BCUT2D eigenvalue weighted by atomic mass is 10.4. The molecule has 0 aliphatic heterocycles. The van der Waals surface area contributed by atoms with Gasteiger partial charge in [0.05, 0.1) is 12.2 Å². The minimum absolute atomic E-state index is 0.711. The van der Waals surface area contributed by atoms with E-state index >= 15 is 0 Å². The molecule has 1 N–H and O–H groups in total. The molecule has 0 aliphatic rings. The fraction of sp³-hybridized carbons (Fsp3) is 0.364. The molecule has 0 fully saturated rings. The van der Waals surface area contributed by atoms with Crippen molar-refractivity contribution in [1.29, 1.82) is 0 Å². The van der Waals surface area contributed by atoms with E-state index in [9.17, 15) is 0 Å². The molecule has 16 heavy (non-hydrogen) atoms. The fourth-order valence-corrected chi connectivity index (χ4v) is 2.05. The van der Waals surface area contributed by atoms with Crippen molar-refractivity contribution in [2.45, 2.75) is 26.8 Å². The third kappa shape index (κ3) is 2.76. The van der Waals surface area contributed by atoms with Gasteiger partial charge in [-0.05, 0) is 25.5 Å². The summed E-state index contributed by atoms with van der Waals surface area (Å²) in [5, 5.41) is 12.3. The molecule has 2 heterocycles. The monoisotopic (exact) mass is 234 g/mol. The maximum absolute atomic E-state index is 4.33. The largest absolute Gasteiger partial charge is 0.362 e. The topological polar surface area (TPSA) is 50.7 Å². The Morgan fingerprint density at radius 1 is 1.31 bits per heavy atom. The van der Waals surface area contributed by atoms with E-state index < -0.39 is 0 Å². The van der Waals surface area contributed by atoms with Crippen LogP contribution in [-0.4, -0.2) is 15.2 Å². The van der Waals surface area contributed by atoms with Crippen LogP contribution in [0.3, 0.4) is 0 Å². The average Bonchev–Trinajstić information content (AvgIpc) is 2.76. The van der Waals surface area contributed by atoms with E-state index in [1.807, 2.05) is 25.3 Å². The van der Waals surface area contributed by atoms with Crippen molar-refractivity contribution in [2.75, 3.05) is 5.32 Å². The number of nitrogens with one attached hydrogen (secondary N) is 1. The van der Waals surface area contributed by atoms with Crippen molar-refractivity contribution in [2.24, 2.45) is 0 Å². The number of nitrogens with zero attached hydrogens (tertiary/aromatic N) is 3. The highest BCUT2D eigenvalue weighted by atomic mass is 32.1. The van der Waals surface area contributed by atoms with Crippen LogP contribution in [0.15, 0.2) is 18.3 Å². The minimum Gasteiger partial charge on any atom is -0.362 e. The second-order valence-electron chi connectivity index (χ2n) is 3.49. The summed E-state index contributed by atoms with van der Waals surface area (Å²) in [5.74, 6) is 0.791. The standard InChI is InChI=1S/C11H14N4S/c1-3-9-6-13-11(16-9)7-12-10-5-4-8(2)14-15-10/h4-6H,3,7H2,1-2H3,(H,12,15). The number of aryl methyl sites for hydroxylation is 2. The molecular weight excluding hydrogens is 220 g/mol. The van der Waals surface area contributed by atoms with Crippen LogP contribution in [0, 0.1) is 6.92 Å². The summed E-state index contributed by atoms with van der Waals surface area (Å²) in [7, 11) is 0. The smallest absolute Gasteiger partial charge is 0.149 e. The molecular formula is C11H14N4S. The molecule has 5 heteroatoms. The Hall–Kier alpha value is -1.49. The van der Waals surface area contributed by atoms with Crippen molar-refractivity contribution < 1.29 is 0 Å². The number of anilines is 1. The van der Waals surface area contributed by atoms with Gasteiger partial charge in [0.25, 0.3) is 0 Å². The van der Waals surface area contributed by atoms with Crippen LogP contribution >= 0.6 is 11.3 Å². The van der Waals surface area contributed by atoms with E-state index in [-0.39, 0.29) is 0 Å². The second-order valence-corrected chi connectivity index (χ2v) is 4.69. The number of aromatic nitrogens is 3. The van der Waals surface area contributed by atoms with Crippen molar-refractivity contribution in [3.63, 3.8) is 0 Å². The summed E-state index contributed by atoms with van der Waals surface area (Å²) < 4.78 is 0. The van der Waals surface area contributed by atoms with Gasteiger partial charge in [0.15, 0.2) is 0 Å². The van der Waals surface area contributed by atoms with Crippen LogP contribution in [0.2, 0.25) is 0 Å². The Balaban J connectivity index is 1.94. The molecule has 0 spiro atoms. The highest BCUT2D eigenvalue weighted by Crippen LogP contribution is 2.14. The van der Waals surface area contributed by atoms with Gasteiger partial charge in [-0.25, -0.2) is 4.98 Å². The van der Waals surface area contributed by atoms with Crippen LogP contribution in [0.4, 0.5) is 5.82 Å². The van der Waals surface area contributed by atoms with E-state index in [1.54, 1.807) is 11.3 Å². The lowest BCUT2D eigenvalue weighted by Crippen LogP contribution is -2.01. The summed E-state index contributed by atoms with van der Waals surface area (Å²) in [6, 6.07) is 3.87. The van der Waals surface area contributed by atoms with E-state index in [0.717, 1.165) is 22.9 Å². The van der Waals surface area contributed by atoms with Crippen LogP contribution in [0.5, 0.6) is 0 Å². The molecule has 84 valence electrons. The zero-order chi connectivity index (χ0) is 11.4. The van der Waals surface area contributed by atoms with E-state index in [0.29, 0.717) is 6.54 Å². The molecule has 0 radical (unpaired) electrons. The molecule has 2 aromatic rings. The quantitative estimate of drug-likeness (QED) is 0.882. The van der Waals surface area contributed by atoms with Gasteiger partial charge in [0, 0.05) is 11.1 Å². The number of thiazole rings is 1. The predicted molar refractivity (Wildman–Crippen MR) is 65.6 cm³/mol. The Kier molecular flexibility index (Phi) is 3.46. The summed E-state index contributed by atoms with van der Waals surface area (Å²) in [4.78, 5) is 5.64. The molecule has 0 aromatic carbocycles. The first-order chi connectivity index (χ1) is 7.78. The molecule has 0 aliphatic carbocycles. The SMILES string of the molecule is CCc1cnc(CNc2ccc(C)nn2)s1. The molecule has 0 amide bonds. The highest BCUT2D eigenvalue weighted by molar-refractivity contribution is 7.11. The number of hydrogen-bond acceptors (Lipinski definition) is 5. The summed E-state index contributed by atoms with van der Waals surface area (Å²) in [6.45, 7) is 4.77. The summed E-state index contributed by atoms with van der Waals surface area (Å²) >= 11 is 1.73. The Labute approximate surface area is 98.8 Å². The van der Waals surface area contributed by atoms with Crippen LogP contribution < -0.4 is 5.32 Å². The zero-order valence-electron chi connectivity index (χ0n) is 9.40. The lowest BCUT2D eigenvalue weighted by Gasteiger charge is -2.01. The van der Waals surface area contributed by atoms with Crippen LogP contribution in [0.25, 0.3) is 0 Å². The Morgan fingerprint density at radius 2 is 2.19 bits per heavy atom. The highest BCUT2D eigenvalue weighted by Gasteiger charge is 2.00. The first-order valence-electron chi connectivity index (χ1n) is 5.25. The van der Waals surface area contributed by atoms with Crippen LogP contribution in [-0.2, 0) is 13.0 Å². The number of hydrogen-bond donors (Lipinski definition) is 1. The summed E-state index contributed by atoms with van der Waals surface area (Å²) in [5.41, 5.74) is 0.924. The molecule has 0 saturated heterocycles. The molecule has 0 bridgehead atoms. The first-order valence-corrected chi connectivity index (χ1v) is 6.07. The second kappa shape index (κ2) is 5.03. The third-order valence-electron chi connectivity index (χ3n) is 2.17. The molecule has 0 atom stereocenters. The first kappa shape index (κ1) is 11.0. The third-order valence-corrected chi connectivity index (χ3v) is 3.31. The van der Waals surface area contributed by atoms with E-state index in [4.69, 9.17) is 0 Å². The van der Waals surface area contributed by atoms with Gasteiger partial charge in [-0.2, -0.15) is 5.10 Å². The van der Waals surface area contributed by atoms with Gasteiger partial charge in [-0.15, -0.1) is 16.4 Å². The predicted octanol–water partition coefficient (Wildman–Crippen LogP) is 2.42. The van der Waals surface area contributed by atoms with Gasteiger partial charge in [-0.3, -0.25) is 0 Å². The van der Waals surface area contributed by atoms with Gasteiger partial charge < -0.3 is 5.32 Å². The van der Waals surface area contributed by atoms with E-state index in [2.05, 4.69) is 27.4 Å². The van der Waals surface area contributed by atoms with Gasteiger partial charge in [-0.1, -0.05) is 6.92 Å². The Morgan fingerprint density at radius 3 is 2.81 bits per heavy atom. The van der Waals surface area contributed by atoms with Crippen LogP contribution in [0.1, 0.15) is 22.5 Å². The van der Waals surface area contributed by atoms with E-state index in [1.165, 1.54) is 4.88 Å². The molecule has 4 nitrogen and oxygen atoms in total. The normalized spacial score (nSPS) is 10.4. The molecule has 2 rings (SSSR count). The van der Waals surface area contributed by atoms with Gasteiger partial charge in [0.2, 0.25) is 0 Å². The van der Waals surface area contributed by atoms with Crippen molar-refractivity contribution in [1.82, 2.24) is 15.2 Å². The molecule has 0 saturated carbocycles. The molecule has 2 aromatic heterocycles. The van der Waals surface area contributed by atoms with Gasteiger partial charge >= 0.3 is 0 Å². The van der Waals surface area contributed by atoms with Crippen molar-refractivity contribution in [3.05, 3.63) is 33.9 Å². The average molecular weight is 234 g/mol. The maximum atomic E-state index is 4.33. The van der Waals surface area contributed by atoms with Crippen molar-refractivity contribution in [3.8, 4) is 0 Å². The molecule has 0 unspecified atom stereocenters. The minimum atomic E-state index is 0.711. The fourth-order valence-electron chi connectivity index (χ4n) is 1.25. The lowest BCUT2D eigenvalue weighted by molar-refractivity contribution is 0.959. The summed E-state index contributed by atoms with van der Waals surface area (Å²) in [6.07, 6.45) is 2.98. The zero-order valence-corrected chi connectivity index (χ0v) is 10.2. The Bertz CT molecular complexity index is 449. The number of rotatable bonds is 4.